The predicted octanol–water partition coefficient (Wildman–Crippen LogP) is 4.07. The summed E-state index contributed by atoms with van der Waals surface area (Å²) in [7, 11) is 0. The third-order valence-corrected chi connectivity index (χ3v) is 2.81. The maximum atomic E-state index is 6.87. The molecular formula is C14H11ClN2. The Morgan fingerprint density at radius 3 is 2.47 bits per heavy atom. The van der Waals surface area contributed by atoms with E-state index >= 15 is 0 Å². The summed E-state index contributed by atoms with van der Waals surface area (Å²) in [5, 5.41) is 0.436. The van der Waals surface area contributed by atoms with E-state index in [0.29, 0.717) is 5.02 Å². The molecule has 0 spiro atoms. The van der Waals surface area contributed by atoms with Crippen LogP contribution >= 0.6 is 11.6 Å². The molecule has 0 unspecified atom stereocenters. The van der Waals surface area contributed by atoms with Crippen LogP contribution in [0.3, 0.4) is 0 Å². The van der Waals surface area contributed by atoms with Crippen molar-refractivity contribution in [2.75, 3.05) is 0 Å². The molecule has 0 saturated carbocycles. The number of benzene rings is 1. The van der Waals surface area contributed by atoms with E-state index in [9.17, 15) is 0 Å². The summed E-state index contributed by atoms with van der Waals surface area (Å²) in [5.74, 6) is 0.273. The molecule has 0 fully saturated rings. The molecule has 0 saturated heterocycles. The van der Waals surface area contributed by atoms with Gasteiger partial charge in [0.1, 0.15) is 6.20 Å². The summed E-state index contributed by atoms with van der Waals surface area (Å²) in [4.78, 5) is 7.26. The van der Waals surface area contributed by atoms with Crippen LogP contribution in [0.25, 0.3) is 4.85 Å². The predicted molar refractivity (Wildman–Crippen MR) is 69.4 cm³/mol. The number of aryl methyl sites for hydroxylation is 2. The molecule has 1 heterocycles. The fourth-order valence-electron chi connectivity index (χ4n) is 1.62. The van der Waals surface area contributed by atoms with Gasteiger partial charge in [-0.25, -0.2) is 0 Å². The van der Waals surface area contributed by atoms with Crippen molar-refractivity contribution < 1.29 is 0 Å². The van der Waals surface area contributed by atoms with Gasteiger partial charge in [0.15, 0.2) is 0 Å². The normalized spacial score (nSPS) is 9.88. The number of halogens is 1. The highest BCUT2D eigenvalue weighted by Gasteiger charge is 2.04. The lowest BCUT2D eigenvalue weighted by Crippen LogP contribution is -1.92. The highest BCUT2D eigenvalue weighted by molar-refractivity contribution is 6.33. The minimum atomic E-state index is 0.273. The van der Waals surface area contributed by atoms with Gasteiger partial charge < -0.3 is 4.85 Å². The zero-order valence-corrected chi connectivity index (χ0v) is 9.98. The number of hydrogen-bond donors (Lipinski definition) is 0. The second kappa shape index (κ2) is 5.47. The molecule has 17 heavy (non-hydrogen) atoms. The second-order valence-electron chi connectivity index (χ2n) is 3.75. The molecular weight excluding hydrogens is 232 g/mol. The van der Waals surface area contributed by atoms with Crippen molar-refractivity contribution in [3.8, 4) is 0 Å². The van der Waals surface area contributed by atoms with Gasteiger partial charge in [-0.3, -0.25) is 0 Å². The van der Waals surface area contributed by atoms with Crippen molar-refractivity contribution in [3.63, 3.8) is 0 Å². The third-order valence-electron chi connectivity index (χ3n) is 2.53. The van der Waals surface area contributed by atoms with Gasteiger partial charge >= 0.3 is 0 Å². The van der Waals surface area contributed by atoms with Crippen LogP contribution in [0.5, 0.6) is 0 Å². The molecule has 0 aliphatic carbocycles. The first-order valence-corrected chi connectivity index (χ1v) is 5.73. The lowest BCUT2D eigenvalue weighted by Gasteiger charge is -2.01. The third kappa shape index (κ3) is 3.05. The molecule has 0 aliphatic heterocycles. The Morgan fingerprint density at radius 2 is 1.82 bits per heavy atom. The van der Waals surface area contributed by atoms with Crippen molar-refractivity contribution in [2.24, 2.45) is 0 Å². The lowest BCUT2D eigenvalue weighted by molar-refractivity contribution is 0.951. The molecule has 0 amide bonds. The largest absolute Gasteiger partial charge is 0.359 e. The van der Waals surface area contributed by atoms with Gasteiger partial charge in [-0.05, 0) is 30.0 Å². The van der Waals surface area contributed by atoms with Crippen molar-refractivity contribution in [3.05, 3.63) is 70.2 Å². The van der Waals surface area contributed by atoms with Gasteiger partial charge in [0, 0.05) is 0 Å². The summed E-state index contributed by atoms with van der Waals surface area (Å²) in [6, 6.07) is 12.1. The number of nitrogens with zero attached hydrogens (tertiary/aromatic N) is 2. The minimum Gasteiger partial charge on any atom is -0.359 e. The van der Waals surface area contributed by atoms with Crippen molar-refractivity contribution in [2.45, 2.75) is 12.8 Å². The van der Waals surface area contributed by atoms with Crippen LogP contribution in [0.4, 0.5) is 5.82 Å². The zero-order chi connectivity index (χ0) is 12.1. The highest BCUT2D eigenvalue weighted by atomic mass is 35.5. The first kappa shape index (κ1) is 11.6. The summed E-state index contributed by atoms with van der Waals surface area (Å²) >= 11 is 5.94. The lowest BCUT2D eigenvalue weighted by atomic mass is 10.1. The van der Waals surface area contributed by atoms with Crippen molar-refractivity contribution >= 4 is 17.4 Å². The van der Waals surface area contributed by atoms with Gasteiger partial charge in [-0.15, -0.1) is 4.98 Å². The Balaban J connectivity index is 2.06. The second-order valence-corrected chi connectivity index (χ2v) is 4.15. The maximum Gasteiger partial charge on any atom is 0.288 e. The van der Waals surface area contributed by atoms with Gasteiger partial charge in [0.25, 0.3) is 5.82 Å². The molecule has 0 bridgehead atoms. The Bertz CT molecular complexity index is 544. The van der Waals surface area contributed by atoms with E-state index in [1.54, 1.807) is 6.20 Å². The molecule has 1 aromatic carbocycles. The molecule has 2 rings (SSSR count). The van der Waals surface area contributed by atoms with Crippen LogP contribution < -0.4 is 0 Å². The van der Waals surface area contributed by atoms with Crippen LogP contribution in [0.1, 0.15) is 11.1 Å². The molecule has 0 aliphatic rings. The highest BCUT2D eigenvalue weighted by Crippen LogP contribution is 2.23. The summed E-state index contributed by atoms with van der Waals surface area (Å²) in [6.07, 6.45) is 3.56. The Kier molecular flexibility index (Phi) is 3.74. The summed E-state index contributed by atoms with van der Waals surface area (Å²) in [5.41, 5.74) is 2.35. The van der Waals surface area contributed by atoms with E-state index in [1.807, 2.05) is 24.3 Å². The maximum absolute atomic E-state index is 6.87. The van der Waals surface area contributed by atoms with Crippen LogP contribution in [-0.4, -0.2) is 4.98 Å². The molecule has 3 heteroatoms. The topological polar surface area (TPSA) is 17.2 Å². The van der Waals surface area contributed by atoms with E-state index in [4.69, 9.17) is 18.2 Å². The standard InChI is InChI=1S/C14H11ClN2/c1-16-14-13(15)9-12(10-17-14)8-7-11-5-3-2-4-6-11/h2-6,9-10H,7-8H2. The summed E-state index contributed by atoms with van der Waals surface area (Å²) in [6.45, 7) is 6.87. The number of aromatic nitrogens is 1. The van der Waals surface area contributed by atoms with E-state index in [1.165, 1.54) is 5.56 Å². The van der Waals surface area contributed by atoms with Crippen LogP contribution in [0.15, 0.2) is 42.6 Å². The van der Waals surface area contributed by atoms with Gasteiger partial charge in [0.05, 0.1) is 5.02 Å². The average Bonchev–Trinajstić information content (AvgIpc) is 2.38. The van der Waals surface area contributed by atoms with E-state index in [0.717, 1.165) is 18.4 Å². The monoisotopic (exact) mass is 242 g/mol. The van der Waals surface area contributed by atoms with Crippen LogP contribution in [0.2, 0.25) is 5.02 Å². The van der Waals surface area contributed by atoms with Gasteiger partial charge in [0.2, 0.25) is 0 Å². The SMILES string of the molecule is [C-]#[N+]c1ncc(CCc2ccccc2)cc1Cl. The molecule has 0 radical (unpaired) electrons. The van der Waals surface area contributed by atoms with E-state index in [2.05, 4.69) is 22.0 Å². The minimum absolute atomic E-state index is 0.273. The smallest absolute Gasteiger partial charge is 0.288 e. The Hall–Kier alpha value is -1.85. The molecule has 1 aromatic heterocycles. The zero-order valence-electron chi connectivity index (χ0n) is 9.23. The summed E-state index contributed by atoms with van der Waals surface area (Å²) < 4.78 is 0. The molecule has 0 N–H and O–H groups in total. The number of rotatable bonds is 3. The van der Waals surface area contributed by atoms with Gasteiger partial charge in [-0.1, -0.05) is 48.5 Å². The number of pyridine rings is 1. The first-order valence-electron chi connectivity index (χ1n) is 5.35. The fraction of sp³-hybridized carbons (Fsp3) is 0.143. The van der Waals surface area contributed by atoms with Crippen LogP contribution in [0, 0.1) is 6.57 Å². The fourth-order valence-corrected chi connectivity index (χ4v) is 1.85. The van der Waals surface area contributed by atoms with Gasteiger partial charge in [-0.2, -0.15) is 0 Å². The Morgan fingerprint density at radius 1 is 1.12 bits per heavy atom. The van der Waals surface area contributed by atoms with Crippen LogP contribution in [-0.2, 0) is 12.8 Å². The van der Waals surface area contributed by atoms with Crippen molar-refractivity contribution in [1.29, 1.82) is 0 Å². The van der Waals surface area contributed by atoms with E-state index < -0.39 is 0 Å². The number of hydrogen-bond acceptors (Lipinski definition) is 1. The van der Waals surface area contributed by atoms with E-state index in [-0.39, 0.29) is 5.82 Å². The quantitative estimate of drug-likeness (QED) is 0.742. The van der Waals surface area contributed by atoms with Crippen molar-refractivity contribution in [1.82, 2.24) is 4.98 Å². The molecule has 0 atom stereocenters. The molecule has 2 nitrogen and oxygen atoms in total. The first-order chi connectivity index (χ1) is 8.29. The molecule has 2 aromatic rings. The Labute approximate surface area is 106 Å². The molecule has 84 valence electrons. The average molecular weight is 243 g/mol.